The Bertz CT molecular complexity index is 1180. The first kappa shape index (κ1) is 17.9. The van der Waals surface area contributed by atoms with Crippen molar-refractivity contribution in [3.8, 4) is 11.3 Å². The van der Waals surface area contributed by atoms with E-state index in [0.29, 0.717) is 28.0 Å². The van der Waals surface area contributed by atoms with Crippen LogP contribution >= 0.6 is 11.3 Å². The maximum Gasteiger partial charge on any atom is 0.354 e. The first-order chi connectivity index (χ1) is 13.5. The Morgan fingerprint density at radius 3 is 2.64 bits per heavy atom. The second-order valence-corrected chi connectivity index (χ2v) is 7.18. The molecule has 0 saturated heterocycles. The molecule has 0 unspecified atom stereocenters. The molecule has 0 spiro atoms. The number of aromatic nitrogens is 3. The normalized spacial score (nSPS) is 10.8. The van der Waals surface area contributed by atoms with Crippen molar-refractivity contribution in [1.82, 2.24) is 15.0 Å². The maximum absolute atomic E-state index is 12.5. The summed E-state index contributed by atoms with van der Waals surface area (Å²) in [4.78, 5) is 35.7. The SMILES string of the molecule is COC(=O)c1cc2cc(NC(=O)c3ccc(-c4csc(C)n4)cc3)cnc2[nH]1. The highest BCUT2D eigenvalue weighted by Gasteiger charge is 2.12. The Morgan fingerprint density at radius 1 is 1.18 bits per heavy atom. The molecule has 0 atom stereocenters. The van der Waals surface area contributed by atoms with E-state index in [0.717, 1.165) is 16.3 Å². The van der Waals surface area contributed by atoms with Gasteiger partial charge in [0.1, 0.15) is 11.3 Å². The Balaban J connectivity index is 1.52. The highest BCUT2D eigenvalue weighted by molar-refractivity contribution is 7.09. The topological polar surface area (TPSA) is 97.0 Å². The van der Waals surface area contributed by atoms with Crippen molar-refractivity contribution >= 4 is 39.9 Å². The quantitative estimate of drug-likeness (QED) is 0.511. The molecule has 140 valence electrons. The fourth-order valence-electron chi connectivity index (χ4n) is 2.80. The van der Waals surface area contributed by atoms with E-state index in [9.17, 15) is 9.59 Å². The first-order valence-corrected chi connectivity index (χ1v) is 9.32. The molecular weight excluding hydrogens is 376 g/mol. The van der Waals surface area contributed by atoms with E-state index in [2.05, 4.69) is 25.0 Å². The second-order valence-electron chi connectivity index (χ2n) is 6.12. The van der Waals surface area contributed by atoms with Crippen LogP contribution in [-0.2, 0) is 4.74 Å². The van der Waals surface area contributed by atoms with E-state index >= 15 is 0 Å². The fraction of sp³-hybridized carbons (Fsp3) is 0.100. The van der Waals surface area contributed by atoms with Crippen LogP contribution in [-0.4, -0.2) is 33.9 Å². The molecule has 7 nitrogen and oxygen atoms in total. The number of carbonyl (C=O) groups excluding carboxylic acids is 2. The zero-order valence-corrected chi connectivity index (χ0v) is 16.0. The van der Waals surface area contributed by atoms with Crippen LogP contribution in [0.1, 0.15) is 25.9 Å². The molecule has 3 heterocycles. The smallest absolute Gasteiger partial charge is 0.354 e. The summed E-state index contributed by atoms with van der Waals surface area (Å²) in [5, 5.41) is 6.51. The zero-order valence-electron chi connectivity index (χ0n) is 15.1. The number of aromatic amines is 1. The largest absolute Gasteiger partial charge is 0.464 e. The number of thiazole rings is 1. The van der Waals surface area contributed by atoms with Gasteiger partial charge in [-0.1, -0.05) is 12.1 Å². The van der Waals surface area contributed by atoms with Crippen LogP contribution in [0.25, 0.3) is 22.3 Å². The molecule has 0 aliphatic heterocycles. The highest BCUT2D eigenvalue weighted by Crippen LogP contribution is 2.23. The van der Waals surface area contributed by atoms with Gasteiger partial charge in [-0.05, 0) is 31.2 Å². The summed E-state index contributed by atoms with van der Waals surface area (Å²) in [5.74, 6) is -0.718. The number of aryl methyl sites for hydroxylation is 1. The first-order valence-electron chi connectivity index (χ1n) is 8.44. The number of pyridine rings is 1. The minimum Gasteiger partial charge on any atom is -0.464 e. The second kappa shape index (κ2) is 7.24. The van der Waals surface area contributed by atoms with E-state index < -0.39 is 5.97 Å². The summed E-state index contributed by atoms with van der Waals surface area (Å²) in [5.41, 5.74) is 3.78. The average Bonchev–Trinajstić information content (AvgIpc) is 3.33. The van der Waals surface area contributed by atoms with Crippen LogP contribution in [0.5, 0.6) is 0 Å². The van der Waals surface area contributed by atoms with Gasteiger partial charge in [0.25, 0.3) is 5.91 Å². The number of amides is 1. The Labute approximate surface area is 164 Å². The molecule has 1 amide bonds. The molecule has 0 saturated carbocycles. The number of fused-ring (bicyclic) bond motifs is 1. The van der Waals surface area contributed by atoms with Gasteiger partial charge in [0.05, 0.1) is 29.7 Å². The highest BCUT2D eigenvalue weighted by atomic mass is 32.1. The van der Waals surface area contributed by atoms with E-state index in [1.54, 1.807) is 35.6 Å². The fourth-order valence-corrected chi connectivity index (χ4v) is 3.42. The molecule has 0 bridgehead atoms. The van der Waals surface area contributed by atoms with Gasteiger partial charge in [0, 0.05) is 21.9 Å². The average molecular weight is 392 g/mol. The molecule has 8 heteroatoms. The Hall–Kier alpha value is -3.52. The number of hydrogen-bond acceptors (Lipinski definition) is 6. The standard InChI is InChI=1S/C20H16N4O3S/c1-11-22-17(10-28-11)12-3-5-13(6-4-12)19(25)23-15-7-14-8-16(20(26)27-2)24-18(14)21-9-15/h3-10H,1-2H3,(H,21,24)(H,23,25). The van der Waals surface area contributed by atoms with Gasteiger partial charge in [-0.15, -0.1) is 11.3 Å². The molecule has 4 aromatic rings. The van der Waals surface area contributed by atoms with Gasteiger partial charge < -0.3 is 15.0 Å². The number of benzene rings is 1. The van der Waals surface area contributed by atoms with Crippen molar-refractivity contribution in [2.75, 3.05) is 12.4 Å². The lowest BCUT2D eigenvalue weighted by Crippen LogP contribution is -2.11. The van der Waals surface area contributed by atoms with Crippen molar-refractivity contribution in [2.45, 2.75) is 6.92 Å². The van der Waals surface area contributed by atoms with Crippen molar-refractivity contribution in [2.24, 2.45) is 0 Å². The lowest BCUT2D eigenvalue weighted by atomic mass is 10.1. The van der Waals surface area contributed by atoms with Crippen LogP contribution in [0.4, 0.5) is 5.69 Å². The molecule has 1 aromatic carbocycles. The predicted molar refractivity (Wildman–Crippen MR) is 108 cm³/mol. The van der Waals surface area contributed by atoms with Crippen LogP contribution in [0.15, 0.2) is 48.0 Å². The Morgan fingerprint density at radius 2 is 1.96 bits per heavy atom. The molecule has 3 aromatic heterocycles. The molecule has 0 aliphatic carbocycles. The third-order valence-corrected chi connectivity index (χ3v) is 4.97. The summed E-state index contributed by atoms with van der Waals surface area (Å²) in [7, 11) is 1.31. The lowest BCUT2D eigenvalue weighted by molar-refractivity contribution is 0.0595. The van der Waals surface area contributed by atoms with Crippen molar-refractivity contribution in [1.29, 1.82) is 0 Å². The number of H-pyrrole nitrogens is 1. The third-order valence-electron chi connectivity index (χ3n) is 4.20. The zero-order chi connectivity index (χ0) is 19.7. The van der Waals surface area contributed by atoms with Crippen molar-refractivity contribution in [3.05, 3.63) is 64.2 Å². The molecule has 0 radical (unpaired) electrons. The molecule has 0 aliphatic rings. The van der Waals surface area contributed by atoms with Gasteiger partial charge in [0.2, 0.25) is 0 Å². The molecular formula is C20H16N4O3S. The molecule has 0 fully saturated rings. The predicted octanol–water partition coefficient (Wildman–Crippen LogP) is 4.03. The minimum absolute atomic E-state index is 0.245. The van der Waals surface area contributed by atoms with E-state index in [-0.39, 0.29) is 5.91 Å². The van der Waals surface area contributed by atoms with Crippen LogP contribution in [0.2, 0.25) is 0 Å². The number of anilines is 1. The number of rotatable bonds is 4. The number of methoxy groups -OCH3 is 1. The van der Waals surface area contributed by atoms with Gasteiger partial charge in [0.15, 0.2) is 0 Å². The van der Waals surface area contributed by atoms with Crippen LogP contribution in [0.3, 0.4) is 0 Å². The number of ether oxygens (including phenoxy) is 1. The minimum atomic E-state index is -0.473. The van der Waals surface area contributed by atoms with Gasteiger partial charge in [-0.25, -0.2) is 14.8 Å². The van der Waals surface area contributed by atoms with E-state index in [4.69, 9.17) is 0 Å². The summed E-state index contributed by atoms with van der Waals surface area (Å²) in [6, 6.07) is 10.7. The molecule has 2 N–H and O–H groups in total. The van der Waals surface area contributed by atoms with Gasteiger partial charge in [-0.2, -0.15) is 0 Å². The van der Waals surface area contributed by atoms with E-state index in [1.165, 1.54) is 13.3 Å². The molecule has 28 heavy (non-hydrogen) atoms. The van der Waals surface area contributed by atoms with Gasteiger partial charge in [-0.3, -0.25) is 4.79 Å². The van der Waals surface area contributed by atoms with Gasteiger partial charge >= 0.3 is 5.97 Å². The van der Waals surface area contributed by atoms with Crippen LogP contribution in [0, 0.1) is 6.92 Å². The summed E-state index contributed by atoms with van der Waals surface area (Å²) >= 11 is 1.59. The van der Waals surface area contributed by atoms with E-state index in [1.807, 2.05) is 24.4 Å². The third kappa shape index (κ3) is 3.49. The van der Waals surface area contributed by atoms with Crippen molar-refractivity contribution in [3.63, 3.8) is 0 Å². The van der Waals surface area contributed by atoms with Crippen LogP contribution < -0.4 is 5.32 Å². The summed E-state index contributed by atoms with van der Waals surface area (Å²) in [6.07, 6.45) is 1.53. The maximum atomic E-state index is 12.5. The number of nitrogens with zero attached hydrogens (tertiary/aromatic N) is 2. The number of nitrogens with one attached hydrogen (secondary N) is 2. The number of carbonyl (C=O) groups is 2. The Kier molecular flexibility index (Phi) is 4.62. The number of hydrogen-bond donors (Lipinski definition) is 2. The lowest BCUT2D eigenvalue weighted by Gasteiger charge is -2.06. The monoisotopic (exact) mass is 392 g/mol. The molecule has 4 rings (SSSR count). The summed E-state index contributed by atoms with van der Waals surface area (Å²) in [6.45, 7) is 1.96. The van der Waals surface area contributed by atoms with Crippen molar-refractivity contribution < 1.29 is 14.3 Å². The number of esters is 1. The summed E-state index contributed by atoms with van der Waals surface area (Å²) < 4.78 is 4.69.